The molecule has 0 heterocycles. The van der Waals surface area contributed by atoms with E-state index >= 15 is 0 Å². The highest BCUT2D eigenvalue weighted by molar-refractivity contribution is 6.65. The van der Waals surface area contributed by atoms with E-state index in [0.29, 0.717) is 13.0 Å². The topological polar surface area (TPSA) is 26.0 Å². The van der Waals surface area contributed by atoms with Crippen LogP contribution in [0.25, 0.3) is 0 Å². The van der Waals surface area contributed by atoms with Gasteiger partial charge in [0.25, 0.3) is 0 Å². The zero-order valence-electron chi connectivity index (χ0n) is 7.34. The maximum Gasteiger partial charge on any atom is 0.166 e. The Hall–Kier alpha value is 1.44. The van der Waals surface area contributed by atoms with Crippen molar-refractivity contribution in [3.63, 3.8) is 0 Å². The predicted molar refractivity (Wildman–Crippen MR) is 67.5 cm³/mol. The summed E-state index contributed by atoms with van der Waals surface area (Å²) >= 11 is 37.2. The van der Waals surface area contributed by atoms with Gasteiger partial charge in [-0.15, -0.1) is 23.2 Å². The van der Waals surface area contributed by atoms with Crippen LogP contribution in [0.5, 0.6) is 0 Å². The molecule has 2 aliphatic carbocycles. The molecule has 15 heavy (non-hydrogen) atoms. The summed E-state index contributed by atoms with van der Waals surface area (Å²) in [6.07, 6.45) is 0.427. The van der Waals surface area contributed by atoms with Gasteiger partial charge in [0.15, 0.2) is 4.33 Å². The van der Waals surface area contributed by atoms with E-state index in [-0.39, 0.29) is 16.0 Å². The number of hydrogen-bond acceptors (Lipinski definition) is 1. The summed E-state index contributed by atoms with van der Waals surface area (Å²) < 4.78 is -1.43. The molecule has 3 unspecified atom stereocenters. The van der Waals surface area contributed by atoms with Gasteiger partial charge in [0, 0.05) is 5.92 Å². The van der Waals surface area contributed by atoms with Gasteiger partial charge < -0.3 is 5.73 Å². The second-order valence-corrected chi connectivity index (χ2v) is 7.18. The molecule has 2 rings (SSSR count). The summed E-state index contributed by atoms with van der Waals surface area (Å²) in [6, 6.07) is 0. The van der Waals surface area contributed by atoms with E-state index in [2.05, 4.69) is 0 Å². The molecule has 0 aliphatic heterocycles. The SMILES string of the molecule is NCC1CC2(Cl)C(Cl)=C(Cl)C1(Cl)C2(Cl)Cl. The Labute approximate surface area is 118 Å². The number of nitrogens with two attached hydrogens (primary N) is 1. The molecule has 1 nitrogen and oxygen atoms in total. The van der Waals surface area contributed by atoms with E-state index in [1.807, 2.05) is 0 Å². The summed E-state index contributed by atoms with van der Waals surface area (Å²) in [6.45, 7) is 0.305. The van der Waals surface area contributed by atoms with E-state index in [1.54, 1.807) is 0 Å². The van der Waals surface area contributed by atoms with Crippen molar-refractivity contribution < 1.29 is 0 Å². The molecule has 0 saturated heterocycles. The molecule has 86 valence electrons. The molecular weight excluding hydrogens is 323 g/mol. The Morgan fingerprint density at radius 3 is 2.00 bits per heavy atom. The highest BCUT2D eigenvalue weighted by Gasteiger charge is 2.77. The van der Waals surface area contributed by atoms with Crippen molar-refractivity contribution in [2.24, 2.45) is 11.7 Å². The van der Waals surface area contributed by atoms with Crippen LogP contribution in [0.2, 0.25) is 0 Å². The van der Waals surface area contributed by atoms with Gasteiger partial charge in [0.05, 0.1) is 10.1 Å². The van der Waals surface area contributed by atoms with Crippen LogP contribution < -0.4 is 5.73 Å². The standard InChI is InChI=1S/C8H7Cl6N/c9-4-5(10)7(12)3(2-15)1-6(4,11)8(7,13)14/h3H,1-2,15H2. The molecule has 0 spiro atoms. The third-order valence-electron chi connectivity index (χ3n) is 3.19. The number of rotatable bonds is 1. The largest absolute Gasteiger partial charge is 0.330 e. The summed E-state index contributed by atoms with van der Waals surface area (Å²) in [4.78, 5) is -2.30. The van der Waals surface area contributed by atoms with E-state index in [9.17, 15) is 0 Å². The highest BCUT2D eigenvalue weighted by Crippen LogP contribution is 2.73. The van der Waals surface area contributed by atoms with Crippen LogP contribution in [0, 0.1) is 5.92 Å². The molecule has 0 aromatic rings. The van der Waals surface area contributed by atoms with Crippen molar-refractivity contribution in [1.29, 1.82) is 0 Å². The lowest BCUT2D eigenvalue weighted by Crippen LogP contribution is -2.45. The first-order chi connectivity index (χ1) is 6.73. The molecule has 1 fully saturated rings. The first-order valence-electron chi connectivity index (χ1n) is 4.25. The van der Waals surface area contributed by atoms with Crippen molar-refractivity contribution in [2.75, 3.05) is 6.54 Å². The number of halogens is 6. The lowest BCUT2D eigenvalue weighted by atomic mass is 9.92. The van der Waals surface area contributed by atoms with Crippen molar-refractivity contribution >= 4 is 69.6 Å². The third-order valence-corrected chi connectivity index (χ3v) is 7.51. The Morgan fingerprint density at radius 2 is 1.67 bits per heavy atom. The number of allylic oxidation sites excluding steroid dienone is 2. The minimum atomic E-state index is -1.43. The summed E-state index contributed by atoms with van der Waals surface area (Å²) in [5.41, 5.74) is 5.61. The van der Waals surface area contributed by atoms with Crippen LogP contribution in [-0.2, 0) is 0 Å². The van der Waals surface area contributed by atoms with E-state index in [4.69, 9.17) is 75.3 Å². The first kappa shape index (κ1) is 12.9. The van der Waals surface area contributed by atoms with Gasteiger partial charge in [-0.2, -0.15) is 0 Å². The van der Waals surface area contributed by atoms with E-state index in [0.717, 1.165) is 0 Å². The van der Waals surface area contributed by atoms with Gasteiger partial charge in [-0.25, -0.2) is 0 Å². The maximum absolute atomic E-state index is 6.39. The molecule has 0 aromatic carbocycles. The lowest BCUT2D eigenvalue weighted by Gasteiger charge is -2.33. The van der Waals surface area contributed by atoms with Gasteiger partial charge in [0.1, 0.15) is 9.75 Å². The van der Waals surface area contributed by atoms with Gasteiger partial charge in [-0.05, 0) is 13.0 Å². The van der Waals surface area contributed by atoms with Crippen molar-refractivity contribution in [1.82, 2.24) is 0 Å². The van der Waals surface area contributed by atoms with Crippen molar-refractivity contribution in [2.45, 2.75) is 20.5 Å². The third kappa shape index (κ3) is 1.19. The fourth-order valence-corrected chi connectivity index (χ4v) is 5.13. The Morgan fingerprint density at radius 1 is 1.13 bits per heavy atom. The second-order valence-electron chi connectivity index (χ2n) is 3.85. The average molecular weight is 330 g/mol. The van der Waals surface area contributed by atoms with Crippen LogP contribution in [0.3, 0.4) is 0 Å². The molecule has 0 radical (unpaired) electrons. The predicted octanol–water partition coefficient (Wildman–Crippen LogP) is 3.80. The van der Waals surface area contributed by atoms with Crippen LogP contribution in [-0.4, -0.2) is 20.6 Å². The smallest absolute Gasteiger partial charge is 0.166 e. The highest BCUT2D eigenvalue weighted by atomic mass is 35.5. The summed E-state index contributed by atoms with van der Waals surface area (Å²) in [5, 5.41) is 0.447. The van der Waals surface area contributed by atoms with Gasteiger partial charge >= 0.3 is 0 Å². The molecule has 7 heteroatoms. The average Bonchev–Trinajstić information content (AvgIpc) is 2.39. The molecule has 2 bridgehead atoms. The Balaban J connectivity index is 2.65. The quantitative estimate of drug-likeness (QED) is 0.728. The molecular formula is C8H7Cl6N. The molecule has 3 atom stereocenters. The second kappa shape index (κ2) is 3.47. The zero-order valence-corrected chi connectivity index (χ0v) is 11.9. The first-order valence-corrected chi connectivity index (χ1v) is 6.52. The fraction of sp³-hybridized carbons (Fsp3) is 0.750. The monoisotopic (exact) mass is 327 g/mol. The van der Waals surface area contributed by atoms with Gasteiger partial charge in [-0.3, -0.25) is 0 Å². The van der Waals surface area contributed by atoms with E-state index in [1.165, 1.54) is 0 Å². The van der Waals surface area contributed by atoms with E-state index < -0.39 is 14.1 Å². The molecule has 2 aliphatic rings. The minimum Gasteiger partial charge on any atom is -0.330 e. The number of hydrogen-bond donors (Lipinski definition) is 1. The minimum absolute atomic E-state index is 0.179. The fourth-order valence-electron chi connectivity index (χ4n) is 2.28. The van der Waals surface area contributed by atoms with Crippen molar-refractivity contribution in [3.05, 3.63) is 10.1 Å². The van der Waals surface area contributed by atoms with Crippen molar-refractivity contribution in [3.8, 4) is 0 Å². The zero-order chi connectivity index (χ0) is 11.6. The molecule has 0 amide bonds. The lowest BCUT2D eigenvalue weighted by molar-refractivity contribution is 0.475. The van der Waals surface area contributed by atoms with Crippen LogP contribution in [0.15, 0.2) is 10.1 Å². The Bertz CT molecular complexity index is 353. The maximum atomic E-state index is 6.39. The number of alkyl halides is 4. The molecule has 2 N–H and O–H groups in total. The van der Waals surface area contributed by atoms with Gasteiger partial charge in [-0.1, -0.05) is 46.4 Å². The van der Waals surface area contributed by atoms with Crippen LogP contribution in [0.1, 0.15) is 6.42 Å². The van der Waals surface area contributed by atoms with Gasteiger partial charge in [0.2, 0.25) is 0 Å². The Kier molecular flexibility index (Phi) is 2.98. The summed E-state index contributed by atoms with van der Waals surface area (Å²) in [7, 11) is 0. The summed E-state index contributed by atoms with van der Waals surface area (Å²) in [5.74, 6) is -0.179. The van der Waals surface area contributed by atoms with Crippen LogP contribution in [0.4, 0.5) is 0 Å². The molecule has 1 saturated carbocycles. The van der Waals surface area contributed by atoms with Crippen LogP contribution >= 0.6 is 69.6 Å². The normalized spacial score (nSPS) is 47.8. The molecule has 0 aromatic heterocycles. The number of fused-ring (bicyclic) bond motifs is 2.